The molecule has 0 aliphatic heterocycles. The first-order valence-electron chi connectivity index (χ1n) is 9.15. The Bertz CT molecular complexity index is 1180. The predicted molar refractivity (Wildman–Crippen MR) is 120 cm³/mol. The summed E-state index contributed by atoms with van der Waals surface area (Å²) in [6.07, 6.45) is 0. The molecule has 1 aromatic heterocycles. The van der Waals surface area contributed by atoms with Crippen LogP contribution in [0.15, 0.2) is 65.1 Å². The average Bonchev–Trinajstić information content (AvgIpc) is 3.13. The van der Waals surface area contributed by atoms with Crippen LogP contribution in [0.3, 0.4) is 0 Å². The van der Waals surface area contributed by atoms with E-state index < -0.39 is 5.97 Å². The maximum Gasteiger partial charge on any atom is 0.343 e. The Morgan fingerprint density at radius 2 is 1.86 bits per heavy atom. The van der Waals surface area contributed by atoms with Gasteiger partial charge in [0.2, 0.25) is 0 Å². The summed E-state index contributed by atoms with van der Waals surface area (Å²) in [5.41, 5.74) is 3.65. The van der Waals surface area contributed by atoms with Gasteiger partial charge in [0.1, 0.15) is 16.5 Å². The smallest absolute Gasteiger partial charge is 0.343 e. The standard InChI is InChI=1S/C23H18BrNO3S/c1-3-27-20-11-7-16(13-18(20)24)23(26)28-17-8-5-15(6-9-17)22-25-19-10-4-14(2)12-21(19)29-22/h4-13H,3H2,1-2H3. The largest absolute Gasteiger partial charge is 0.493 e. The molecule has 0 radical (unpaired) electrons. The van der Waals surface area contributed by atoms with E-state index in [0.29, 0.717) is 23.7 Å². The molecule has 4 nitrogen and oxygen atoms in total. The van der Waals surface area contributed by atoms with Gasteiger partial charge in [-0.15, -0.1) is 11.3 Å². The quantitative estimate of drug-likeness (QED) is 0.243. The molecule has 6 heteroatoms. The van der Waals surface area contributed by atoms with Gasteiger partial charge < -0.3 is 9.47 Å². The highest BCUT2D eigenvalue weighted by Gasteiger charge is 2.12. The minimum absolute atomic E-state index is 0.419. The van der Waals surface area contributed by atoms with Crippen molar-refractivity contribution in [2.24, 2.45) is 0 Å². The van der Waals surface area contributed by atoms with E-state index in [4.69, 9.17) is 9.47 Å². The number of carbonyl (C=O) groups is 1. The van der Waals surface area contributed by atoms with Crippen molar-refractivity contribution in [3.63, 3.8) is 0 Å². The van der Waals surface area contributed by atoms with Crippen molar-refractivity contribution in [2.45, 2.75) is 13.8 Å². The van der Waals surface area contributed by atoms with Crippen molar-refractivity contribution < 1.29 is 14.3 Å². The van der Waals surface area contributed by atoms with Crippen molar-refractivity contribution in [2.75, 3.05) is 6.61 Å². The number of hydrogen-bond acceptors (Lipinski definition) is 5. The number of fused-ring (bicyclic) bond motifs is 1. The zero-order chi connectivity index (χ0) is 20.4. The zero-order valence-electron chi connectivity index (χ0n) is 15.9. The third-order valence-electron chi connectivity index (χ3n) is 4.32. The Morgan fingerprint density at radius 3 is 2.59 bits per heavy atom. The maximum absolute atomic E-state index is 12.4. The van der Waals surface area contributed by atoms with Crippen molar-refractivity contribution >= 4 is 43.5 Å². The van der Waals surface area contributed by atoms with Crippen LogP contribution in [0.25, 0.3) is 20.8 Å². The molecule has 0 aliphatic carbocycles. The lowest BCUT2D eigenvalue weighted by molar-refractivity contribution is 0.0734. The summed E-state index contributed by atoms with van der Waals surface area (Å²) < 4.78 is 12.9. The Hall–Kier alpha value is -2.70. The van der Waals surface area contributed by atoms with E-state index in [-0.39, 0.29) is 0 Å². The van der Waals surface area contributed by atoms with E-state index in [1.54, 1.807) is 41.7 Å². The lowest BCUT2D eigenvalue weighted by Crippen LogP contribution is -2.08. The van der Waals surface area contributed by atoms with Crippen LogP contribution in [0.5, 0.6) is 11.5 Å². The molecule has 0 N–H and O–H groups in total. The first-order valence-corrected chi connectivity index (χ1v) is 10.8. The highest BCUT2D eigenvalue weighted by Crippen LogP contribution is 2.32. The average molecular weight is 468 g/mol. The second kappa shape index (κ2) is 8.35. The lowest BCUT2D eigenvalue weighted by Gasteiger charge is -2.08. The molecular weight excluding hydrogens is 450 g/mol. The summed E-state index contributed by atoms with van der Waals surface area (Å²) >= 11 is 5.07. The summed E-state index contributed by atoms with van der Waals surface area (Å²) in [6, 6.07) is 18.8. The number of halogens is 1. The number of aryl methyl sites for hydroxylation is 1. The molecule has 0 spiro atoms. The number of thiazole rings is 1. The minimum atomic E-state index is -0.419. The molecule has 0 atom stereocenters. The second-order valence-electron chi connectivity index (χ2n) is 6.48. The zero-order valence-corrected chi connectivity index (χ0v) is 18.3. The summed E-state index contributed by atoms with van der Waals surface area (Å²) in [6.45, 7) is 4.54. The van der Waals surface area contributed by atoms with Crippen LogP contribution < -0.4 is 9.47 Å². The van der Waals surface area contributed by atoms with Gasteiger partial charge in [-0.25, -0.2) is 9.78 Å². The molecule has 0 unspecified atom stereocenters. The molecule has 4 rings (SSSR count). The van der Waals surface area contributed by atoms with Crippen LogP contribution in [-0.2, 0) is 0 Å². The number of rotatable bonds is 5. The van der Waals surface area contributed by atoms with Crippen molar-refractivity contribution in [1.29, 1.82) is 0 Å². The Balaban J connectivity index is 1.50. The number of ether oxygens (including phenoxy) is 2. The fourth-order valence-corrected chi connectivity index (χ4v) is 4.45. The molecule has 0 amide bonds. The summed E-state index contributed by atoms with van der Waals surface area (Å²) in [4.78, 5) is 17.1. The van der Waals surface area contributed by atoms with E-state index in [1.807, 2.05) is 25.1 Å². The van der Waals surface area contributed by atoms with Crippen LogP contribution in [0.2, 0.25) is 0 Å². The predicted octanol–water partition coefficient (Wildman–Crippen LogP) is 6.65. The Morgan fingerprint density at radius 1 is 1.07 bits per heavy atom. The summed E-state index contributed by atoms with van der Waals surface area (Å²) in [7, 11) is 0. The van der Waals surface area contributed by atoms with Crippen molar-refractivity contribution in [3.8, 4) is 22.1 Å². The summed E-state index contributed by atoms with van der Waals surface area (Å²) in [5.74, 6) is 0.761. The lowest BCUT2D eigenvalue weighted by atomic mass is 10.2. The van der Waals surface area contributed by atoms with Gasteiger partial charge in [0, 0.05) is 5.56 Å². The van der Waals surface area contributed by atoms with Crippen molar-refractivity contribution in [1.82, 2.24) is 4.98 Å². The third kappa shape index (κ3) is 4.33. The van der Waals surface area contributed by atoms with Crippen LogP contribution in [0, 0.1) is 6.92 Å². The monoisotopic (exact) mass is 467 g/mol. The molecule has 1 heterocycles. The van der Waals surface area contributed by atoms with Crippen LogP contribution in [0.4, 0.5) is 0 Å². The van der Waals surface area contributed by atoms with Gasteiger partial charge in [-0.05, 0) is 89.9 Å². The SMILES string of the molecule is CCOc1ccc(C(=O)Oc2ccc(-c3nc4ccc(C)cc4s3)cc2)cc1Br. The number of carbonyl (C=O) groups excluding carboxylic acids is 1. The van der Waals surface area contributed by atoms with Crippen molar-refractivity contribution in [3.05, 3.63) is 76.3 Å². The molecule has 0 bridgehead atoms. The van der Waals surface area contributed by atoms with Crippen LogP contribution in [0.1, 0.15) is 22.8 Å². The fraction of sp³-hybridized carbons (Fsp3) is 0.130. The molecule has 0 aliphatic rings. The molecule has 146 valence electrons. The Kier molecular flexibility index (Phi) is 5.65. The third-order valence-corrected chi connectivity index (χ3v) is 6.01. The van der Waals surface area contributed by atoms with Gasteiger partial charge in [0.15, 0.2) is 0 Å². The van der Waals surface area contributed by atoms with E-state index in [9.17, 15) is 4.79 Å². The molecule has 3 aromatic carbocycles. The maximum atomic E-state index is 12.4. The highest BCUT2D eigenvalue weighted by atomic mass is 79.9. The fourth-order valence-electron chi connectivity index (χ4n) is 2.89. The Labute approximate surface area is 181 Å². The number of hydrogen-bond donors (Lipinski definition) is 0. The number of nitrogens with zero attached hydrogens (tertiary/aromatic N) is 1. The molecule has 0 fully saturated rings. The van der Waals surface area contributed by atoms with Crippen LogP contribution >= 0.6 is 27.3 Å². The topological polar surface area (TPSA) is 48.4 Å². The van der Waals surface area contributed by atoms with Gasteiger partial charge in [-0.2, -0.15) is 0 Å². The number of benzene rings is 3. The van der Waals surface area contributed by atoms with E-state index >= 15 is 0 Å². The van der Waals surface area contributed by atoms with Gasteiger partial charge >= 0.3 is 5.97 Å². The van der Waals surface area contributed by atoms with E-state index in [0.717, 1.165) is 25.3 Å². The molecule has 29 heavy (non-hydrogen) atoms. The molecule has 0 saturated heterocycles. The van der Waals surface area contributed by atoms with Gasteiger partial charge in [0.25, 0.3) is 0 Å². The highest BCUT2D eigenvalue weighted by molar-refractivity contribution is 9.10. The van der Waals surface area contributed by atoms with Gasteiger partial charge in [-0.1, -0.05) is 6.07 Å². The molecule has 0 saturated carbocycles. The normalized spacial score (nSPS) is 10.9. The van der Waals surface area contributed by atoms with E-state index in [1.165, 1.54) is 5.56 Å². The van der Waals surface area contributed by atoms with Gasteiger partial charge in [0.05, 0.1) is 26.9 Å². The first-order chi connectivity index (χ1) is 14.0. The molecule has 4 aromatic rings. The van der Waals surface area contributed by atoms with Gasteiger partial charge in [-0.3, -0.25) is 0 Å². The second-order valence-corrected chi connectivity index (χ2v) is 8.37. The number of esters is 1. The minimum Gasteiger partial charge on any atom is -0.493 e. The number of aromatic nitrogens is 1. The van der Waals surface area contributed by atoms with Crippen LogP contribution in [-0.4, -0.2) is 17.6 Å². The van der Waals surface area contributed by atoms with E-state index in [2.05, 4.69) is 40.0 Å². The summed E-state index contributed by atoms with van der Waals surface area (Å²) in [5, 5.41) is 0.943. The first kappa shape index (κ1) is 19.6. The molecular formula is C23H18BrNO3S.